The molecule has 168 valence electrons. The Hall–Kier alpha value is -1.62. The highest BCUT2D eigenvalue weighted by Crippen LogP contribution is 2.18. The molecule has 3 heterocycles. The van der Waals surface area contributed by atoms with Crippen molar-refractivity contribution >= 4 is 41.7 Å². The van der Waals surface area contributed by atoms with Gasteiger partial charge in [0, 0.05) is 66.6 Å². The normalized spacial score (nSPS) is 20.1. The third-order valence-electron chi connectivity index (χ3n) is 5.76. The first-order valence-corrected chi connectivity index (χ1v) is 10.7. The van der Waals surface area contributed by atoms with Crippen LogP contribution in [-0.4, -0.2) is 105 Å². The molecule has 2 saturated heterocycles. The van der Waals surface area contributed by atoms with Gasteiger partial charge in [0.05, 0.1) is 6.04 Å². The molecule has 0 bridgehead atoms. The fourth-order valence-electron chi connectivity index (χ4n) is 4.17. The van der Waals surface area contributed by atoms with Gasteiger partial charge in [-0.15, -0.1) is 24.0 Å². The van der Waals surface area contributed by atoms with Gasteiger partial charge in [0.1, 0.15) is 5.82 Å². The zero-order chi connectivity index (χ0) is 20.6. The second-order valence-corrected chi connectivity index (χ2v) is 7.92. The van der Waals surface area contributed by atoms with Crippen LogP contribution in [0.3, 0.4) is 0 Å². The number of likely N-dealkylation sites (N-methyl/N-ethyl adjacent to an activating group) is 1. The number of guanidine groups is 1. The van der Waals surface area contributed by atoms with Crippen LogP contribution in [-0.2, 0) is 4.79 Å². The van der Waals surface area contributed by atoms with E-state index in [1.54, 1.807) is 4.90 Å². The fourth-order valence-corrected chi connectivity index (χ4v) is 4.17. The van der Waals surface area contributed by atoms with Crippen molar-refractivity contribution in [2.24, 2.45) is 4.99 Å². The molecule has 2 aliphatic rings. The van der Waals surface area contributed by atoms with E-state index in [2.05, 4.69) is 36.1 Å². The Balaban J connectivity index is 0.00000320. The fraction of sp³-hybridized carbons (Fsp3) is 0.667. The molecule has 0 saturated carbocycles. The maximum Gasteiger partial charge on any atom is 0.239 e. The number of hydrogen-bond acceptors (Lipinski definition) is 5. The molecular formula is C21H36IN7O. The molecule has 1 amide bonds. The predicted octanol–water partition coefficient (Wildman–Crippen LogP) is 1.34. The molecule has 1 aromatic heterocycles. The van der Waals surface area contributed by atoms with Crippen molar-refractivity contribution in [2.75, 3.05) is 71.9 Å². The lowest BCUT2D eigenvalue weighted by Gasteiger charge is -2.37. The lowest BCUT2D eigenvalue weighted by Crippen LogP contribution is -2.53. The molecule has 1 unspecified atom stereocenters. The van der Waals surface area contributed by atoms with Crippen molar-refractivity contribution in [3.63, 3.8) is 0 Å². The Bertz CT molecular complexity index is 677. The summed E-state index contributed by atoms with van der Waals surface area (Å²) in [6.07, 6.45) is 4.94. The molecule has 0 aliphatic carbocycles. The average Bonchev–Trinajstić information content (AvgIpc) is 3.22. The highest BCUT2D eigenvalue weighted by Gasteiger charge is 2.31. The van der Waals surface area contributed by atoms with Crippen molar-refractivity contribution in [1.29, 1.82) is 0 Å². The first kappa shape index (κ1) is 24.6. The standard InChI is InChI=1S/C21H35N7O.HI/c1-22-21(28-16-14-27(15-17-28)19-9-4-5-10-23-19)24-11-7-13-26-12-6-8-18(26)20(29)25(2)3;/h4-5,9-10,18H,6-8,11-17H2,1-3H3,(H,22,24);1H. The number of carbonyl (C=O) groups is 1. The number of piperazine rings is 1. The van der Waals surface area contributed by atoms with Gasteiger partial charge in [-0.3, -0.25) is 14.7 Å². The lowest BCUT2D eigenvalue weighted by atomic mass is 10.2. The zero-order valence-corrected chi connectivity index (χ0v) is 20.8. The van der Waals surface area contributed by atoms with Crippen LogP contribution in [0, 0.1) is 0 Å². The number of likely N-dealkylation sites (tertiary alicyclic amines) is 1. The van der Waals surface area contributed by atoms with Crippen LogP contribution in [0.25, 0.3) is 0 Å². The molecule has 1 N–H and O–H groups in total. The number of aromatic nitrogens is 1. The molecule has 0 aromatic carbocycles. The minimum absolute atomic E-state index is 0. The van der Waals surface area contributed by atoms with Crippen LogP contribution in [0.1, 0.15) is 19.3 Å². The van der Waals surface area contributed by atoms with Crippen LogP contribution in [0.2, 0.25) is 0 Å². The van der Waals surface area contributed by atoms with Gasteiger partial charge in [0.25, 0.3) is 0 Å². The first-order valence-electron chi connectivity index (χ1n) is 10.7. The zero-order valence-electron chi connectivity index (χ0n) is 18.5. The molecule has 30 heavy (non-hydrogen) atoms. The van der Waals surface area contributed by atoms with Crippen molar-refractivity contribution in [2.45, 2.75) is 25.3 Å². The van der Waals surface area contributed by atoms with Crippen LogP contribution >= 0.6 is 24.0 Å². The molecule has 0 radical (unpaired) electrons. The van der Waals surface area contributed by atoms with Gasteiger partial charge in [-0.2, -0.15) is 0 Å². The summed E-state index contributed by atoms with van der Waals surface area (Å²) in [7, 11) is 5.54. The minimum Gasteiger partial charge on any atom is -0.356 e. The molecule has 0 spiro atoms. The number of nitrogens with zero attached hydrogens (tertiary/aromatic N) is 6. The monoisotopic (exact) mass is 529 g/mol. The van der Waals surface area contributed by atoms with E-state index in [0.717, 1.165) is 76.9 Å². The summed E-state index contributed by atoms with van der Waals surface area (Å²) in [5.74, 6) is 2.24. The second-order valence-electron chi connectivity index (χ2n) is 7.92. The van der Waals surface area contributed by atoms with E-state index in [4.69, 9.17) is 0 Å². The van der Waals surface area contributed by atoms with E-state index in [1.165, 1.54) is 0 Å². The van der Waals surface area contributed by atoms with E-state index < -0.39 is 0 Å². The molecular weight excluding hydrogens is 493 g/mol. The quantitative estimate of drug-likeness (QED) is 0.260. The molecule has 8 nitrogen and oxygen atoms in total. The molecule has 1 atom stereocenters. The van der Waals surface area contributed by atoms with Crippen molar-refractivity contribution in [3.8, 4) is 0 Å². The third-order valence-corrected chi connectivity index (χ3v) is 5.76. The molecule has 2 fully saturated rings. The summed E-state index contributed by atoms with van der Waals surface area (Å²) < 4.78 is 0. The number of rotatable bonds is 6. The van der Waals surface area contributed by atoms with Gasteiger partial charge in [-0.05, 0) is 37.9 Å². The number of halogens is 1. The van der Waals surface area contributed by atoms with Crippen LogP contribution < -0.4 is 10.2 Å². The first-order chi connectivity index (χ1) is 14.1. The van der Waals surface area contributed by atoms with Crippen LogP contribution in [0.4, 0.5) is 5.82 Å². The van der Waals surface area contributed by atoms with Gasteiger partial charge in [0.2, 0.25) is 5.91 Å². The summed E-state index contributed by atoms with van der Waals surface area (Å²) >= 11 is 0. The second kappa shape index (κ2) is 12.3. The van der Waals surface area contributed by atoms with Gasteiger partial charge >= 0.3 is 0 Å². The Morgan fingerprint density at radius 1 is 1.23 bits per heavy atom. The Kier molecular flexibility index (Phi) is 10.1. The number of aliphatic imine (C=N–C) groups is 1. The van der Waals surface area contributed by atoms with Crippen LogP contribution in [0.15, 0.2) is 29.4 Å². The Morgan fingerprint density at radius 2 is 2.00 bits per heavy atom. The number of amides is 1. The largest absolute Gasteiger partial charge is 0.356 e. The summed E-state index contributed by atoms with van der Waals surface area (Å²) in [5, 5.41) is 3.50. The third kappa shape index (κ3) is 6.44. The lowest BCUT2D eigenvalue weighted by molar-refractivity contribution is -0.133. The van der Waals surface area contributed by atoms with E-state index in [9.17, 15) is 4.79 Å². The number of pyridine rings is 1. The highest BCUT2D eigenvalue weighted by atomic mass is 127. The molecule has 3 rings (SSSR count). The number of hydrogen-bond donors (Lipinski definition) is 1. The minimum atomic E-state index is 0. The summed E-state index contributed by atoms with van der Waals surface area (Å²) in [5.41, 5.74) is 0. The number of anilines is 1. The highest BCUT2D eigenvalue weighted by molar-refractivity contribution is 14.0. The SMILES string of the molecule is CN=C(NCCCN1CCCC1C(=O)N(C)C)N1CCN(c2ccccn2)CC1.I. The summed E-state index contributed by atoms with van der Waals surface area (Å²) in [4.78, 5) is 29.9. The van der Waals surface area contributed by atoms with Gasteiger partial charge in [0.15, 0.2) is 5.96 Å². The predicted molar refractivity (Wildman–Crippen MR) is 133 cm³/mol. The summed E-state index contributed by atoms with van der Waals surface area (Å²) in [6, 6.07) is 6.11. The molecule has 2 aliphatic heterocycles. The van der Waals surface area contributed by atoms with E-state index >= 15 is 0 Å². The summed E-state index contributed by atoms with van der Waals surface area (Å²) in [6.45, 7) is 6.59. The van der Waals surface area contributed by atoms with E-state index in [-0.39, 0.29) is 35.9 Å². The van der Waals surface area contributed by atoms with Crippen molar-refractivity contribution < 1.29 is 4.79 Å². The van der Waals surface area contributed by atoms with Gasteiger partial charge in [-0.1, -0.05) is 6.07 Å². The van der Waals surface area contributed by atoms with Gasteiger partial charge < -0.3 is 20.0 Å². The smallest absolute Gasteiger partial charge is 0.239 e. The van der Waals surface area contributed by atoms with Crippen LogP contribution in [0.5, 0.6) is 0 Å². The number of nitrogens with one attached hydrogen (secondary N) is 1. The molecule has 9 heteroatoms. The number of carbonyl (C=O) groups excluding carboxylic acids is 1. The maximum atomic E-state index is 12.3. The van der Waals surface area contributed by atoms with Crippen molar-refractivity contribution in [1.82, 2.24) is 25.0 Å². The molecule has 1 aromatic rings. The van der Waals surface area contributed by atoms with E-state index in [1.807, 2.05) is 39.5 Å². The van der Waals surface area contributed by atoms with E-state index in [0.29, 0.717) is 0 Å². The average molecular weight is 529 g/mol. The Morgan fingerprint density at radius 3 is 2.63 bits per heavy atom. The maximum absolute atomic E-state index is 12.3. The Labute approximate surface area is 197 Å². The topological polar surface area (TPSA) is 67.3 Å². The van der Waals surface area contributed by atoms with Gasteiger partial charge in [-0.25, -0.2) is 4.98 Å². The van der Waals surface area contributed by atoms with Crippen molar-refractivity contribution in [3.05, 3.63) is 24.4 Å².